The quantitative estimate of drug-likeness (QED) is 0.417. The number of carbonyl (C=O) groups is 4. The van der Waals surface area contributed by atoms with E-state index in [-0.39, 0.29) is 5.91 Å². The van der Waals surface area contributed by atoms with E-state index in [9.17, 15) is 19.2 Å². The fourth-order valence-corrected chi connectivity index (χ4v) is 1.04. The average molecular weight is 200 g/mol. The van der Waals surface area contributed by atoms with Gasteiger partial charge in [0.2, 0.25) is 5.91 Å². The van der Waals surface area contributed by atoms with Gasteiger partial charge in [-0.05, 0) is 6.42 Å². The summed E-state index contributed by atoms with van der Waals surface area (Å²) in [6.45, 7) is 0.303. The zero-order valence-corrected chi connectivity index (χ0v) is 7.15. The van der Waals surface area contributed by atoms with Crippen LogP contribution in [0, 0.1) is 0 Å². The van der Waals surface area contributed by atoms with Crippen molar-refractivity contribution in [2.75, 3.05) is 6.54 Å². The van der Waals surface area contributed by atoms with Crippen LogP contribution in [0.1, 0.15) is 12.8 Å². The van der Waals surface area contributed by atoms with Crippen LogP contribution in [0.5, 0.6) is 0 Å². The molecule has 0 radical (unpaired) electrons. The van der Waals surface area contributed by atoms with E-state index in [2.05, 4.69) is 0 Å². The Kier molecular flexibility index (Phi) is 2.80. The standard InChI is InChI=1S/C7H8N2O5/c10-4-2-1-3-9(4)8-6(12)5(11)7(13)14/h1-3H2,(H,8,12)(H,13,14). The van der Waals surface area contributed by atoms with Gasteiger partial charge >= 0.3 is 17.7 Å². The first kappa shape index (κ1) is 10.2. The Labute approximate surface area is 78.6 Å². The second kappa shape index (κ2) is 3.86. The Hall–Kier alpha value is -1.92. The molecule has 1 heterocycles. The fourth-order valence-electron chi connectivity index (χ4n) is 1.04. The second-order valence-corrected chi connectivity index (χ2v) is 2.72. The second-order valence-electron chi connectivity index (χ2n) is 2.72. The first-order valence-corrected chi connectivity index (χ1v) is 3.91. The maximum Gasteiger partial charge on any atom is 0.382 e. The Balaban J connectivity index is 2.52. The summed E-state index contributed by atoms with van der Waals surface area (Å²) in [5.41, 5.74) is 1.92. The van der Waals surface area contributed by atoms with E-state index in [1.54, 1.807) is 0 Å². The normalized spacial score (nSPS) is 15.4. The first-order chi connectivity index (χ1) is 6.52. The third kappa shape index (κ3) is 2.06. The minimum absolute atomic E-state index is 0.293. The molecule has 1 saturated heterocycles. The van der Waals surface area contributed by atoms with E-state index < -0.39 is 17.7 Å². The highest BCUT2D eigenvalue weighted by Gasteiger charge is 2.27. The molecule has 0 aromatic rings. The monoisotopic (exact) mass is 200 g/mol. The maximum absolute atomic E-state index is 11.0. The number of hydrogen-bond donors (Lipinski definition) is 2. The van der Waals surface area contributed by atoms with Gasteiger partial charge < -0.3 is 5.11 Å². The van der Waals surface area contributed by atoms with E-state index in [1.165, 1.54) is 0 Å². The maximum atomic E-state index is 11.0. The fraction of sp³-hybridized carbons (Fsp3) is 0.429. The molecule has 7 nitrogen and oxygen atoms in total. The van der Waals surface area contributed by atoms with Gasteiger partial charge in [0.25, 0.3) is 0 Å². The molecule has 0 atom stereocenters. The number of hydrogen-bond acceptors (Lipinski definition) is 4. The molecule has 76 valence electrons. The molecule has 0 unspecified atom stereocenters. The van der Waals surface area contributed by atoms with Crippen molar-refractivity contribution >= 4 is 23.6 Å². The average Bonchev–Trinajstić information content (AvgIpc) is 2.50. The topological polar surface area (TPSA) is 104 Å². The van der Waals surface area contributed by atoms with Crippen molar-refractivity contribution in [3.05, 3.63) is 0 Å². The summed E-state index contributed by atoms with van der Waals surface area (Å²) in [5, 5.41) is 9.13. The zero-order valence-electron chi connectivity index (χ0n) is 7.15. The van der Waals surface area contributed by atoms with Gasteiger partial charge in [0.15, 0.2) is 0 Å². The zero-order chi connectivity index (χ0) is 10.7. The molecule has 1 aliphatic heterocycles. The first-order valence-electron chi connectivity index (χ1n) is 3.91. The summed E-state index contributed by atoms with van der Waals surface area (Å²) in [6.07, 6.45) is 0.877. The summed E-state index contributed by atoms with van der Waals surface area (Å²) < 4.78 is 0. The molecule has 1 aliphatic rings. The molecule has 0 aromatic heterocycles. The van der Waals surface area contributed by atoms with Crippen molar-refractivity contribution in [3.63, 3.8) is 0 Å². The number of ketones is 1. The number of hydrazine groups is 1. The molecular formula is C7H8N2O5. The molecule has 7 heteroatoms. The van der Waals surface area contributed by atoms with Crippen molar-refractivity contribution in [2.24, 2.45) is 0 Å². The van der Waals surface area contributed by atoms with E-state index >= 15 is 0 Å². The Bertz CT molecular complexity index is 311. The van der Waals surface area contributed by atoms with Crippen LogP contribution in [-0.4, -0.2) is 40.2 Å². The lowest BCUT2D eigenvalue weighted by Gasteiger charge is -2.14. The Morgan fingerprint density at radius 1 is 1.36 bits per heavy atom. The number of carbonyl (C=O) groups excluding carboxylic acids is 3. The van der Waals surface area contributed by atoms with Gasteiger partial charge in [-0.2, -0.15) is 0 Å². The minimum Gasteiger partial charge on any atom is -0.475 e. The molecular weight excluding hydrogens is 192 g/mol. The minimum atomic E-state index is -1.84. The Morgan fingerprint density at radius 3 is 2.43 bits per heavy atom. The van der Waals surface area contributed by atoms with Gasteiger partial charge in [-0.3, -0.25) is 24.8 Å². The molecule has 1 fully saturated rings. The lowest BCUT2D eigenvalue weighted by atomic mass is 10.4. The summed E-state index contributed by atoms with van der Waals surface area (Å²) >= 11 is 0. The number of nitrogens with one attached hydrogen (secondary N) is 1. The number of aliphatic carboxylic acids is 1. The molecule has 0 aromatic carbocycles. The van der Waals surface area contributed by atoms with Gasteiger partial charge in [0.05, 0.1) is 0 Å². The number of carboxylic acids is 1. The van der Waals surface area contributed by atoms with Crippen LogP contribution in [0.4, 0.5) is 0 Å². The van der Waals surface area contributed by atoms with Gasteiger partial charge in [0, 0.05) is 13.0 Å². The predicted octanol–water partition coefficient (Wildman–Crippen LogP) is -1.71. The highest BCUT2D eigenvalue weighted by atomic mass is 16.4. The van der Waals surface area contributed by atoms with Crippen LogP contribution >= 0.6 is 0 Å². The summed E-state index contributed by atoms with van der Waals surface area (Å²) in [7, 11) is 0. The van der Waals surface area contributed by atoms with Crippen molar-refractivity contribution in [3.8, 4) is 0 Å². The van der Waals surface area contributed by atoms with Gasteiger partial charge in [0.1, 0.15) is 0 Å². The molecule has 0 spiro atoms. The van der Waals surface area contributed by atoms with Crippen molar-refractivity contribution in [1.29, 1.82) is 0 Å². The SMILES string of the molecule is O=C(O)C(=O)C(=O)NN1CCCC1=O. The van der Waals surface area contributed by atoms with Crippen LogP contribution in [0.25, 0.3) is 0 Å². The summed E-state index contributed by atoms with van der Waals surface area (Å²) in [5.74, 6) is -5.04. The van der Waals surface area contributed by atoms with Crippen LogP contribution in [0.2, 0.25) is 0 Å². The molecule has 0 aliphatic carbocycles. The number of rotatable bonds is 3. The lowest BCUT2D eigenvalue weighted by Crippen LogP contribution is -2.47. The summed E-state index contributed by atoms with van der Waals surface area (Å²) in [6, 6.07) is 0. The van der Waals surface area contributed by atoms with Crippen molar-refractivity contribution < 1.29 is 24.3 Å². The largest absolute Gasteiger partial charge is 0.475 e. The molecule has 0 saturated carbocycles. The molecule has 2 amide bonds. The van der Waals surface area contributed by atoms with Crippen molar-refractivity contribution in [2.45, 2.75) is 12.8 Å². The van der Waals surface area contributed by atoms with E-state index in [4.69, 9.17) is 5.11 Å². The van der Waals surface area contributed by atoms with Gasteiger partial charge in [-0.25, -0.2) is 4.79 Å². The van der Waals surface area contributed by atoms with Crippen LogP contribution in [0.15, 0.2) is 0 Å². The number of nitrogens with zero attached hydrogens (tertiary/aromatic N) is 1. The van der Waals surface area contributed by atoms with Crippen molar-refractivity contribution in [1.82, 2.24) is 10.4 Å². The van der Waals surface area contributed by atoms with Crippen LogP contribution in [-0.2, 0) is 19.2 Å². The Morgan fingerprint density at radius 2 is 2.00 bits per heavy atom. The molecule has 0 bridgehead atoms. The van der Waals surface area contributed by atoms with E-state index in [0.717, 1.165) is 5.01 Å². The number of Topliss-reactive ketones (excluding diaryl/α,β-unsaturated/α-hetero) is 1. The van der Waals surface area contributed by atoms with E-state index in [0.29, 0.717) is 19.4 Å². The summed E-state index contributed by atoms with van der Waals surface area (Å²) in [4.78, 5) is 42.5. The number of amides is 2. The lowest BCUT2D eigenvalue weighted by molar-refractivity contribution is -0.155. The third-order valence-corrected chi connectivity index (χ3v) is 1.71. The predicted molar refractivity (Wildman–Crippen MR) is 41.7 cm³/mol. The molecule has 1 rings (SSSR count). The van der Waals surface area contributed by atoms with E-state index in [1.807, 2.05) is 5.43 Å². The smallest absolute Gasteiger partial charge is 0.382 e. The van der Waals surface area contributed by atoms with Gasteiger partial charge in [-0.15, -0.1) is 0 Å². The number of carboxylic acid groups (broad SMARTS) is 1. The molecule has 2 N–H and O–H groups in total. The third-order valence-electron chi connectivity index (χ3n) is 1.71. The van der Waals surface area contributed by atoms with Gasteiger partial charge in [-0.1, -0.05) is 0 Å². The highest BCUT2D eigenvalue weighted by Crippen LogP contribution is 2.05. The van der Waals surface area contributed by atoms with Crippen LogP contribution < -0.4 is 5.43 Å². The highest BCUT2D eigenvalue weighted by molar-refractivity contribution is 6.61. The van der Waals surface area contributed by atoms with Crippen LogP contribution in [0.3, 0.4) is 0 Å². The molecule has 14 heavy (non-hydrogen) atoms.